The molecule has 1 aromatic heterocycles. The van der Waals surface area contributed by atoms with Crippen molar-refractivity contribution in [1.82, 2.24) is 4.98 Å². The van der Waals surface area contributed by atoms with Gasteiger partial charge in [0.15, 0.2) is 0 Å². The molecular weight excluding hydrogens is 297 g/mol. The molecular formula is C14H13ClFN3O2. The second-order valence-electron chi connectivity index (χ2n) is 4.13. The SMILES string of the molecule is CCOC(=O)c1cc(Nc2ccc(Cl)cc2F)ncc1N. The van der Waals surface area contributed by atoms with Crippen LogP contribution in [0, 0.1) is 5.82 Å². The maximum absolute atomic E-state index is 13.7. The third kappa shape index (κ3) is 3.61. The summed E-state index contributed by atoms with van der Waals surface area (Å²) in [4.78, 5) is 15.7. The number of carbonyl (C=O) groups excluding carboxylic acids is 1. The van der Waals surface area contributed by atoms with Crippen molar-refractivity contribution in [3.05, 3.63) is 46.9 Å². The molecule has 110 valence electrons. The van der Waals surface area contributed by atoms with Gasteiger partial charge in [0.2, 0.25) is 0 Å². The zero-order valence-electron chi connectivity index (χ0n) is 11.2. The predicted molar refractivity (Wildman–Crippen MR) is 79.3 cm³/mol. The van der Waals surface area contributed by atoms with Crippen molar-refractivity contribution in [1.29, 1.82) is 0 Å². The molecule has 2 aromatic rings. The molecule has 7 heteroatoms. The highest BCUT2D eigenvalue weighted by Crippen LogP contribution is 2.24. The minimum atomic E-state index is -0.558. The number of nitrogens with one attached hydrogen (secondary N) is 1. The lowest BCUT2D eigenvalue weighted by Crippen LogP contribution is -2.09. The third-order valence-corrected chi connectivity index (χ3v) is 2.86. The number of nitrogens with two attached hydrogens (primary N) is 1. The molecule has 0 saturated carbocycles. The molecule has 1 heterocycles. The smallest absolute Gasteiger partial charge is 0.340 e. The number of anilines is 3. The third-order valence-electron chi connectivity index (χ3n) is 2.62. The fraction of sp³-hybridized carbons (Fsp3) is 0.143. The highest BCUT2D eigenvalue weighted by molar-refractivity contribution is 6.30. The Labute approximate surface area is 125 Å². The highest BCUT2D eigenvalue weighted by atomic mass is 35.5. The fourth-order valence-electron chi connectivity index (χ4n) is 1.65. The Morgan fingerprint density at radius 1 is 1.48 bits per heavy atom. The number of aromatic nitrogens is 1. The normalized spacial score (nSPS) is 10.2. The van der Waals surface area contributed by atoms with E-state index in [2.05, 4.69) is 10.3 Å². The van der Waals surface area contributed by atoms with Crippen LogP contribution in [0.3, 0.4) is 0 Å². The van der Waals surface area contributed by atoms with Gasteiger partial charge in [-0.1, -0.05) is 11.6 Å². The van der Waals surface area contributed by atoms with Gasteiger partial charge in [0, 0.05) is 5.02 Å². The van der Waals surface area contributed by atoms with Crippen molar-refractivity contribution in [3.63, 3.8) is 0 Å². The summed E-state index contributed by atoms with van der Waals surface area (Å²) in [5, 5.41) is 3.04. The molecule has 5 nitrogen and oxygen atoms in total. The summed E-state index contributed by atoms with van der Waals surface area (Å²) in [6.07, 6.45) is 1.31. The van der Waals surface area contributed by atoms with E-state index in [9.17, 15) is 9.18 Å². The molecule has 0 aliphatic rings. The van der Waals surface area contributed by atoms with Gasteiger partial charge in [-0.25, -0.2) is 14.2 Å². The van der Waals surface area contributed by atoms with Gasteiger partial charge < -0.3 is 15.8 Å². The molecule has 0 aliphatic heterocycles. The van der Waals surface area contributed by atoms with Gasteiger partial charge in [-0.3, -0.25) is 0 Å². The van der Waals surface area contributed by atoms with Crippen LogP contribution in [0.4, 0.5) is 21.6 Å². The van der Waals surface area contributed by atoms with Crippen LogP contribution < -0.4 is 11.1 Å². The lowest BCUT2D eigenvalue weighted by atomic mass is 10.2. The molecule has 3 N–H and O–H groups in total. The van der Waals surface area contributed by atoms with Crippen LogP contribution in [0.15, 0.2) is 30.5 Å². The first kappa shape index (κ1) is 15.1. The maximum atomic E-state index is 13.7. The maximum Gasteiger partial charge on any atom is 0.340 e. The zero-order chi connectivity index (χ0) is 15.4. The van der Waals surface area contributed by atoms with Crippen molar-refractivity contribution in [2.24, 2.45) is 0 Å². The Balaban J connectivity index is 2.28. The Bertz CT molecular complexity index is 679. The number of nitrogen functional groups attached to an aromatic ring is 1. The lowest BCUT2D eigenvalue weighted by molar-refractivity contribution is 0.0527. The van der Waals surface area contributed by atoms with Crippen LogP contribution in [0.1, 0.15) is 17.3 Å². The van der Waals surface area contributed by atoms with Gasteiger partial charge in [0.1, 0.15) is 11.6 Å². The van der Waals surface area contributed by atoms with E-state index in [0.29, 0.717) is 0 Å². The fourth-order valence-corrected chi connectivity index (χ4v) is 1.81. The van der Waals surface area contributed by atoms with Gasteiger partial charge in [0.05, 0.1) is 29.7 Å². The zero-order valence-corrected chi connectivity index (χ0v) is 11.9. The minimum absolute atomic E-state index is 0.170. The number of halogens is 2. The number of hydrogen-bond acceptors (Lipinski definition) is 5. The topological polar surface area (TPSA) is 77.2 Å². The summed E-state index contributed by atoms with van der Waals surface area (Å²) in [7, 11) is 0. The molecule has 0 unspecified atom stereocenters. The number of hydrogen-bond donors (Lipinski definition) is 2. The van der Waals surface area contributed by atoms with E-state index < -0.39 is 11.8 Å². The van der Waals surface area contributed by atoms with Crippen molar-refractivity contribution < 1.29 is 13.9 Å². The van der Waals surface area contributed by atoms with E-state index in [-0.39, 0.29) is 34.4 Å². The van der Waals surface area contributed by atoms with Crippen LogP contribution in [0.25, 0.3) is 0 Å². The number of rotatable bonds is 4. The molecule has 0 aliphatic carbocycles. The summed E-state index contributed by atoms with van der Waals surface area (Å²) < 4.78 is 18.6. The Morgan fingerprint density at radius 3 is 2.90 bits per heavy atom. The van der Waals surface area contributed by atoms with Gasteiger partial charge in [-0.15, -0.1) is 0 Å². The van der Waals surface area contributed by atoms with E-state index in [0.717, 1.165) is 0 Å². The molecule has 0 amide bonds. The van der Waals surface area contributed by atoms with Crippen molar-refractivity contribution in [2.75, 3.05) is 17.7 Å². The summed E-state index contributed by atoms with van der Waals surface area (Å²) in [6, 6.07) is 5.59. The first-order valence-corrected chi connectivity index (χ1v) is 6.53. The lowest BCUT2D eigenvalue weighted by Gasteiger charge is -2.10. The Morgan fingerprint density at radius 2 is 2.24 bits per heavy atom. The molecule has 0 atom stereocenters. The van der Waals surface area contributed by atoms with E-state index in [1.54, 1.807) is 6.92 Å². The van der Waals surface area contributed by atoms with Crippen molar-refractivity contribution in [2.45, 2.75) is 6.92 Å². The molecule has 2 rings (SSSR count). The van der Waals surface area contributed by atoms with E-state index in [4.69, 9.17) is 22.1 Å². The predicted octanol–water partition coefficient (Wildman–Crippen LogP) is 3.38. The van der Waals surface area contributed by atoms with Gasteiger partial charge in [-0.2, -0.15) is 0 Å². The van der Waals surface area contributed by atoms with Crippen LogP contribution >= 0.6 is 11.6 Å². The van der Waals surface area contributed by atoms with Crippen LogP contribution in [0.5, 0.6) is 0 Å². The van der Waals surface area contributed by atoms with E-state index in [1.165, 1.54) is 30.5 Å². The second-order valence-corrected chi connectivity index (χ2v) is 4.56. The number of esters is 1. The molecule has 0 saturated heterocycles. The van der Waals surface area contributed by atoms with Gasteiger partial charge in [-0.05, 0) is 31.2 Å². The Kier molecular flexibility index (Phi) is 4.59. The average Bonchev–Trinajstić information content (AvgIpc) is 2.44. The molecule has 0 radical (unpaired) electrons. The summed E-state index contributed by atoms with van der Waals surface area (Å²) >= 11 is 5.68. The number of carbonyl (C=O) groups is 1. The number of ether oxygens (including phenoxy) is 1. The highest BCUT2D eigenvalue weighted by Gasteiger charge is 2.13. The number of pyridine rings is 1. The van der Waals surface area contributed by atoms with Crippen molar-refractivity contribution in [3.8, 4) is 0 Å². The largest absolute Gasteiger partial charge is 0.462 e. The first-order valence-electron chi connectivity index (χ1n) is 6.16. The monoisotopic (exact) mass is 309 g/mol. The molecule has 21 heavy (non-hydrogen) atoms. The number of benzene rings is 1. The number of nitrogens with zero attached hydrogens (tertiary/aromatic N) is 1. The average molecular weight is 310 g/mol. The van der Waals surface area contributed by atoms with Crippen LogP contribution in [0.2, 0.25) is 5.02 Å². The molecule has 1 aromatic carbocycles. The van der Waals surface area contributed by atoms with Gasteiger partial charge in [0.25, 0.3) is 0 Å². The van der Waals surface area contributed by atoms with Crippen LogP contribution in [-0.2, 0) is 4.74 Å². The van der Waals surface area contributed by atoms with Crippen LogP contribution in [-0.4, -0.2) is 17.6 Å². The summed E-state index contributed by atoms with van der Waals surface area (Å²) in [5.41, 5.74) is 6.23. The van der Waals surface area contributed by atoms with Gasteiger partial charge >= 0.3 is 5.97 Å². The van der Waals surface area contributed by atoms with E-state index >= 15 is 0 Å². The summed E-state index contributed by atoms with van der Waals surface area (Å²) in [6.45, 7) is 1.92. The molecule has 0 spiro atoms. The molecule has 0 fully saturated rings. The summed E-state index contributed by atoms with van der Waals surface area (Å²) in [5.74, 6) is -0.815. The minimum Gasteiger partial charge on any atom is -0.462 e. The first-order chi connectivity index (χ1) is 10.0. The Hall–Kier alpha value is -2.34. The second kappa shape index (κ2) is 6.41. The van der Waals surface area contributed by atoms with Crippen molar-refractivity contribution >= 4 is 34.8 Å². The quantitative estimate of drug-likeness (QED) is 0.847. The molecule has 0 bridgehead atoms. The standard InChI is InChI=1S/C14H13ClFN3O2/c1-2-21-14(20)9-6-13(18-7-11(9)17)19-12-4-3-8(15)5-10(12)16/h3-7H,2,17H2,1H3,(H,18,19). The van der Waals surface area contributed by atoms with E-state index in [1.807, 2.05) is 0 Å².